The Kier molecular flexibility index (Phi) is 6.74. The largest absolute Gasteiger partial charge is 0.352 e. The quantitative estimate of drug-likeness (QED) is 0.816. The van der Waals surface area contributed by atoms with Gasteiger partial charge in [0.05, 0.1) is 6.26 Å². The van der Waals surface area contributed by atoms with Gasteiger partial charge in [-0.3, -0.25) is 4.79 Å². The molecule has 1 N–H and O–H groups in total. The topological polar surface area (TPSA) is 66.5 Å². The molecular weight excluding hydrogens is 331 g/mol. The molecule has 0 unspecified atom stereocenters. The average Bonchev–Trinajstić information content (AvgIpc) is 2.54. The zero-order valence-corrected chi connectivity index (χ0v) is 14.8. The Labute approximate surface area is 143 Å². The molecule has 0 radical (unpaired) electrons. The third-order valence-corrected chi connectivity index (χ3v) is 5.70. The highest BCUT2D eigenvalue weighted by molar-refractivity contribution is 7.88. The molecule has 0 atom stereocenters. The third kappa shape index (κ3) is 5.87. The average molecular weight is 356 g/mol. The van der Waals surface area contributed by atoms with Gasteiger partial charge in [-0.05, 0) is 30.5 Å². The second-order valence-corrected chi connectivity index (χ2v) is 8.25. The Morgan fingerprint density at radius 3 is 2.42 bits per heavy atom. The summed E-state index contributed by atoms with van der Waals surface area (Å²) in [6.07, 6.45) is 6.28. The predicted octanol–water partition coefficient (Wildman–Crippen LogP) is 2.43. The number of carbonyl (C=O) groups is 1. The molecule has 0 bridgehead atoms. The van der Waals surface area contributed by atoms with E-state index in [9.17, 15) is 17.6 Å². The lowest BCUT2D eigenvalue weighted by Crippen LogP contribution is -2.42. The van der Waals surface area contributed by atoms with E-state index in [1.54, 1.807) is 12.1 Å². The lowest BCUT2D eigenvalue weighted by molar-refractivity contribution is -0.121. The van der Waals surface area contributed by atoms with Gasteiger partial charge in [-0.15, -0.1) is 0 Å². The number of rotatable bonds is 7. The summed E-state index contributed by atoms with van der Waals surface area (Å²) in [7, 11) is -3.32. The Morgan fingerprint density at radius 1 is 1.21 bits per heavy atom. The minimum absolute atomic E-state index is 0.0126. The van der Waals surface area contributed by atoms with E-state index in [0.29, 0.717) is 6.54 Å². The lowest BCUT2D eigenvalue weighted by atomic mass is 9.95. The van der Waals surface area contributed by atoms with Crippen LogP contribution in [0.15, 0.2) is 24.3 Å². The van der Waals surface area contributed by atoms with Gasteiger partial charge in [0.2, 0.25) is 15.9 Å². The number of sulfonamides is 1. The Morgan fingerprint density at radius 2 is 1.83 bits per heavy atom. The van der Waals surface area contributed by atoms with Crippen molar-refractivity contribution < 1.29 is 17.6 Å². The maximum absolute atomic E-state index is 12.8. The summed E-state index contributed by atoms with van der Waals surface area (Å²) in [5, 5.41) is 2.75. The molecule has 134 valence electrons. The van der Waals surface area contributed by atoms with Crippen LogP contribution in [0, 0.1) is 5.82 Å². The predicted molar refractivity (Wildman–Crippen MR) is 91.3 cm³/mol. The molecular formula is C17H25FN2O3S. The van der Waals surface area contributed by atoms with Gasteiger partial charge in [-0.25, -0.2) is 12.8 Å². The van der Waals surface area contributed by atoms with Crippen LogP contribution >= 0.6 is 0 Å². The van der Waals surface area contributed by atoms with Crippen molar-refractivity contribution in [2.75, 3.05) is 12.8 Å². The standard InChI is InChI=1S/C17H25FN2O3S/c1-24(22,23)20(16-5-3-2-4-6-16)12-11-17(21)19-13-14-7-9-15(18)10-8-14/h7-10,16H,2-6,11-13H2,1H3,(H,19,21). The summed E-state index contributed by atoms with van der Waals surface area (Å²) in [5.74, 6) is -0.523. The van der Waals surface area contributed by atoms with Crippen LogP contribution < -0.4 is 5.32 Å². The first-order chi connectivity index (χ1) is 11.4. The van der Waals surface area contributed by atoms with Crippen molar-refractivity contribution in [3.63, 3.8) is 0 Å². The SMILES string of the molecule is CS(=O)(=O)N(CCC(=O)NCc1ccc(F)cc1)C1CCCCC1. The van der Waals surface area contributed by atoms with E-state index in [0.717, 1.165) is 37.7 Å². The number of benzene rings is 1. The van der Waals surface area contributed by atoms with E-state index in [2.05, 4.69) is 5.32 Å². The van der Waals surface area contributed by atoms with Crippen LogP contribution in [0.4, 0.5) is 4.39 Å². The Balaban J connectivity index is 1.84. The van der Waals surface area contributed by atoms with Gasteiger partial charge in [0.1, 0.15) is 5.82 Å². The second-order valence-electron chi connectivity index (χ2n) is 6.32. The maximum atomic E-state index is 12.8. The first kappa shape index (κ1) is 18.9. The fourth-order valence-corrected chi connectivity index (χ4v) is 4.27. The van der Waals surface area contributed by atoms with Gasteiger partial charge in [0.25, 0.3) is 0 Å². The molecule has 1 aliphatic rings. The van der Waals surface area contributed by atoms with Gasteiger partial charge >= 0.3 is 0 Å². The highest BCUT2D eigenvalue weighted by Crippen LogP contribution is 2.24. The Hall–Kier alpha value is -1.47. The van der Waals surface area contributed by atoms with Crippen LogP contribution in [-0.2, 0) is 21.4 Å². The normalized spacial score (nSPS) is 16.3. The molecule has 1 aliphatic carbocycles. The molecule has 2 rings (SSSR count). The monoisotopic (exact) mass is 356 g/mol. The van der Waals surface area contributed by atoms with Gasteiger partial charge in [-0.2, -0.15) is 4.31 Å². The molecule has 0 saturated heterocycles. The van der Waals surface area contributed by atoms with Gasteiger partial charge < -0.3 is 5.32 Å². The second kappa shape index (κ2) is 8.58. The van der Waals surface area contributed by atoms with Crippen LogP contribution in [0.5, 0.6) is 0 Å². The molecule has 0 aromatic heterocycles. The molecule has 1 aromatic carbocycles. The van der Waals surface area contributed by atoms with Crippen molar-refractivity contribution in [1.82, 2.24) is 9.62 Å². The first-order valence-electron chi connectivity index (χ1n) is 8.34. The van der Waals surface area contributed by atoms with Crippen LogP contribution in [-0.4, -0.2) is 37.5 Å². The number of amides is 1. The summed E-state index contributed by atoms with van der Waals surface area (Å²) in [6, 6.07) is 5.92. The van der Waals surface area contributed by atoms with E-state index in [4.69, 9.17) is 0 Å². The minimum Gasteiger partial charge on any atom is -0.352 e. The molecule has 1 fully saturated rings. The molecule has 24 heavy (non-hydrogen) atoms. The van der Waals surface area contributed by atoms with E-state index in [-0.39, 0.29) is 30.7 Å². The van der Waals surface area contributed by atoms with Gasteiger partial charge in [0.15, 0.2) is 0 Å². The summed E-state index contributed by atoms with van der Waals surface area (Å²) in [5.41, 5.74) is 0.803. The van der Waals surface area contributed by atoms with Crippen molar-refractivity contribution in [2.24, 2.45) is 0 Å². The van der Waals surface area contributed by atoms with Crippen LogP contribution in [0.25, 0.3) is 0 Å². The van der Waals surface area contributed by atoms with Crippen LogP contribution in [0.3, 0.4) is 0 Å². The molecule has 7 heteroatoms. The van der Waals surface area contributed by atoms with E-state index < -0.39 is 10.0 Å². The molecule has 1 saturated carbocycles. The molecule has 1 amide bonds. The van der Waals surface area contributed by atoms with E-state index in [1.807, 2.05) is 0 Å². The molecule has 0 spiro atoms. The number of carbonyl (C=O) groups excluding carboxylic acids is 1. The zero-order valence-electron chi connectivity index (χ0n) is 14.0. The van der Waals surface area contributed by atoms with Crippen molar-refractivity contribution in [3.05, 3.63) is 35.6 Å². The van der Waals surface area contributed by atoms with Crippen molar-refractivity contribution in [2.45, 2.75) is 51.1 Å². The summed E-state index contributed by atoms with van der Waals surface area (Å²) in [4.78, 5) is 12.0. The van der Waals surface area contributed by atoms with Gasteiger partial charge in [-0.1, -0.05) is 31.4 Å². The smallest absolute Gasteiger partial charge is 0.221 e. The van der Waals surface area contributed by atoms with Crippen molar-refractivity contribution in [3.8, 4) is 0 Å². The number of hydrogen-bond donors (Lipinski definition) is 1. The first-order valence-corrected chi connectivity index (χ1v) is 10.2. The summed E-state index contributed by atoms with van der Waals surface area (Å²) >= 11 is 0. The van der Waals surface area contributed by atoms with Crippen LogP contribution in [0.2, 0.25) is 0 Å². The minimum atomic E-state index is -3.32. The molecule has 0 aliphatic heterocycles. The molecule has 0 heterocycles. The van der Waals surface area contributed by atoms with Crippen LogP contribution in [0.1, 0.15) is 44.1 Å². The molecule has 5 nitrogen and oxygen atoms in total. The number of nitrogens with one attached hydrogen (secondary N) is 1. The number of halogens is 1. The van der Waals surface area contributed by atoms with E-state index >= 15 is 0 Å². The highest BCUT2D eigenvalue weighted by Gasteiger charge is 2.28. The Bertz CT molecular complexity index is 640. The van der Waals surface area contributed by atoms with Crippen molar-refractivity contribution >= 4 is 15.9 Å². The molecule has 1 aromatic rings. The third-order valence-electron chi connectivity index (χ3n) is 4.37. The lowest BCUT2D eigenvalue weighted by Gasteiger charge is -2.32. The van der Waals surface area contributed by atoms with Gasteiger partial charge in [0, 0.05) is 25.6 Å². The highest BCUT2D eigenvalue weighted by atomic mass is 32.2. The fourth-order valence-electron chi connectivity index (χ4n) is 3.09. The summed E-state index contributed by atoms with van der Waals surface area (Å²) in [6.45, 7) is 0.514. The number of nitrogens with zero attached hydrogens (tertiary/aromatic N) is 1. The number of hydrogen-bond acceptors (Lipinski definition) is 3. The fraction of sp³-hybridized carbons (Fsp3) is 0.588. The van der Waals surface area contributed by atoms with Crippen molar-refractivity contribution in [1.29, 1.82) is 0 Å². The zero-order chi connectivity index (χ0) is 17.6. The summed E-state index contributed by atoms with van der Waals surface area (Å²) < 4.78 is 38.3. The van der Waals surface area contributed by atoms with E-state index in [1.165, 1.54) is 22.7 Å². The maximum Gasteiger partial charge on any atom is 0.221 e.